The van der Waals surface area contributed by atoms with Crippen LogP contribution in [0, 0.1) is 6.92 Å². The largest absolute Gasteiger partial charge is 0.375 e. The third kappa shape index (κ3) is 3.78. The third-order valence-corrected chi connectivity index (χ3v) is 3.05. The number of nitrogens with one attached hydrogen (secondary N) is 1. The zero-order valence-electron chi connectivity index (χ0n) is 10.8. The van der Waals surface area contributed by atoms with E-state index in [1.165, 1.54) is 0 Å². The molecule has 2 atom stereocenters. The molecule has 17 heavy (non-hydrogen) atoms. The van der Waals surface area contributed by atoms with E-state index < -0.39 is 0 Å². The van der Waals surface area contributed by atoms with Crippen molar-refractivity contribution in [2.75, 3.05) is 6.54 Å². The van der Waals surface area contributed by atoms with E-state index in [2.05, 4.69) is 29.3 Å². The van der Waals surface area contributed by atoms with Gasteiger partial charge in [-0.1, -0.05) is 5.16 Å². The second kappa shape index (κ2) is 5.60. The van der Waals surface area contributed by atoms with Crippen molar-refractivity contribution < 1.29 is 9.26 Å². The molecule has 0 radical (unpaired) electrons. The summed E-state index contributed by atoms with van der Waals surface area (Å²) in [4.78, 5) is 4.18. The number of aromatic nitrogens is 2. The van der Waals surface area contributed by atoms with Crippen LogP contribution in [0.5, 0.6) is 0 Å². The molecule has 0 aromatic carbocycles. The fourth-order valence-corrected chi connectivity index (χ4v) is 2.40. The lowest BCUT2D eigenvalue weighted by Crippen LogP contribution is -2.42. The van der Waals surface area contributed by atoms with Crippen molar-refractivity contribution in [3.63, 3.8) is 0 Å². The van der Waals surface area contributed by atoms with E-state index in [-0.39, 0.29) is 0 Å². The number of rotatable bonds is 4. The summed E-state index contributed by atoms with van der Waals surface area (Å²) in [5, 5.41) is 7.42. The Balaban J connectivity index is 1.71. The average molecular weight is 239 g/mol. The van der Waals surface area contributed by atoms with Crippen LogP contribution in [-0.4, -0.2) is 34.9 Å². The summed E-state index contributed by atoms with van der Waals surface area (Å²) in [5.41, 5.74) is 0. The van der Waals surface area contributed by atoms with Crippen molar-refractivity contribution in [2.45, 2.75) is 58.3 Å². The second-order valence-electron chi connectivity index (χ2n) is 4.86. The Bertz CT molecular complexity index is 343. The normalized spacial score (nSPS) is 29.5. The molecule has 0 bridgehead atoms. The van der Waals surface area contributed by atoms with Gasteiger partial charge in [-0.25, -0.2) is 0 Å². The predicted octanol–water partition coefficient (Wildman–Crippen LogP) is 1.47. The van der Waals surface area contributed by atoms with Gasteiger partial charge in [-0.2, -0.15) is 4.98 Å². The summed E-state index contributed by atoms with van der Waals surface area (Å²) in [6.07, 6.45) is 3.68. The maximum atomic E-state index is 5.70. The van der Waals surface area contributed by atoms with Gasteiger partial charge in [0.15, 0.2) is 5.82 Å². The summed E-state index contributed by atoms with van der Waals surface area (Å²) in [5.74, 6) is 1.41. The first-order valence-corrected chi connectivity index (χ1v) is 6.31. The first kappa shape index (κ1) is 12.5. The SMILES string of the molecule is Cc1nc(CCNC2CC(C)OC(C)C2)no1. The lowest BCUT2D eigenvalue weighted by atomic mass is 10.00. The van der Waals surface area contributed by atoms with Gasteiger partial charge in [-0.3, -0.25) is 0 Å². The van der Waals surface area contributed by atoms with Crippen molar-refractivity contribution in [1.82, 2.24) is 15.5 Å². The molecule has 0 amide bonds. The molecule has 1 saturated heterocycles. The fourth-order valence-electron chi connectivity index (χ4n) is 2.40. The van der Waals surface area contributed by atoms with Gasteiger partial charge in [0.1, 0.15) is 0 Å². The highest BCUT2D eigenvalue weighted by atomic mass is 16.5. The molecule has 96 valence electrons. The third-order valence-electron chi connectivity index (χ3n) is 3.05. The van der Waals surface area contributed by atoms with E-state index in [1.807, 2.05) is 6.92 Å². The molecule has 1 fully saturated rings. The first-order valence-electron chi connectivity index (χ1n) is 6.31. The number of hydrogen-bond donors (Lipinski definition) is 1. The monoisotopic (exact) mass is 239 g/mol. The summed E-state index contributed by atoms with van der Waals surface area (Å²) < 4.78 is 10.6. The molecule has 2 rings (SSSR count). The second-order valence-corrected chi connectivity index (χ2v) is 4.86. The van der Waals surface area contributed by atoms with Crippen molar-refractivity contribution >= 4 is 0 Å². The average Bonchev–Trinajstić information content (AvgIpc) is 2.63. The van der Waals surface area contributed by atoms with Crippen LogP contribution in [0.3, 0.4) is 0 Å². The van der Waals surface area contributed by atoms with E-state index in [0.717, 1.165) is 31.6 Å². The smallest absolute Gasteiger partial charge is 0.223 e. The van der Waals surface area contributed by atoms with Crippen LogP contribution in [0.1, 0.15) is 38.4 Å². The van der Waals surface area contributed by atoms with Gasteiger partial charge in [-0.15, -0.1) is 0 Å². The summed E-state index contributed by atoms with van der Waals surface area (Å²) in [6.45, 7) is 6.97. The van der Waals surface area contributed by atoms with Gasteiger partial charge in [-0.05, 0) is 26.7 Å². The number of ether oxygens (including phenoxy) is 1. The van der Waals surface area contributed by atoms with Gasteiger partial charge in [0.05, 0.1) is 12.2 Å². The fraction of sp³-hybridized carbons (Fsp3) is 0.833. The minimum absolute atomic E-state index is 0.351. The molecule has 0 saturated carbocycles. The van der Waals surface area contributed by atoms with Crippen LogP contribution in [0.2, 0.25) is 0 Å². The van der Waals surface area contributed by atoms with E-state index in [0.29, 0.717) is 24.1 Å². The van der Waals surface area contributed by atoms with Gasteiger partial charge in [0.25, 0.3) is 0 Å². The molecule has 2 heterocycles. The number of hydrogen-bond acceptors (Lipinski definition) is 5. The van der Waals surface area contributed by atoms with Crippen molar-refractivity contribution in [2.24, 2.45) is 0 Å². The molecule has 2 unspecified atom stereocenters. The van der Waals surface area contributed by atoms with Crippen LogP contribution in [-0.2, 0) is 11.2 Å². The Morgan fingerprint density at radius 3 is 2.59 bits per heavy atom. The van der Waals surface area contributed by atoms with Gasteiger partial charge < -0.3 is 14.6 Å². The lowest BCUT2D eigenvalue weighted by Gasteiger charge is -2.32. The van der Waals surface area contributed by atoms with Crippen LogP contribution < -0.4 is 5.32 Å². The molecule has 1 aromatic rings. The van der Waals surface area contributed by atoms with E-state index >= 15 is 0 Å². The first-order chi connectivity index (χ1) is 8.13. The maximum Gasteiger partial charge on any atom is 0.223 e. The van der Waals surface area contributed by atoms with Crippen molar-refractivity contribution in [3.05, 3.63) is 11.7 Å². The van der Waals surface area contributed by atoms with Gasteiger partial charge >= 0.3 is 0 Å². The number of nitrogens with zero attached hydrogens (tertiary/aromatic N) is 2. The van der Waals surface area contributed by atoms with Crippen molar-refractivity contribution in [3.8, 4) is 0 Å². The molecule has 5 heteroatoms. The Kier molecular flexibility index (Phi) is 4.12. The molecular formula is C12H21N3O2. The van der Waals surface area contributed by atoms with Crippen LogP contribution in [0.4, 0.5) is 0 Å². The minimum atomic E-state index is 0.351. The Morgan fingerprint density at radius 2 is 2.00 bits per heavy atom. The zero-order valence-corrected chi connectivity index (χ0v) is 10.8. The van der Waals surface area contributed by atoms with E-state index in [4.69, 9.17) is 9.26 Å². The Morgan fingerprint density at radius 1 is 1.29 bits per heavy atom. The maximum absolute atomic E-state index is 5.70. The molecule has 1 aromatic heterocycles. The van der Waals surface area contributed by atoms with Gasteiger partial charge in [0, 0.05) is 25.9 Å². The zero-order chi connectivity index (χ0) is 12.3. The predicted molar refractivity (Wildman–Crippen MR) is 63.8 cm³/mol. The molecular weight excluding hydrogens is 218 g/mol. The summed E-state index contributed by atoms with van der Waals surface area (Å²) in [6, 6.07) is 0.543. The van der Waals surface area contributed by atoms with E-state index in [9.17, 15) is 0 Å². The van der Waals surface area contributed by atoms with Crippen molar-refractivity contribution in [1.29, 1.82) is 0 Å². The van der Waals surface area contributed by atoms with Crippen LogP contribution in [0.25, 0.3) is 0 Å². The molecule has 1 aliphatic rings. The molecule has 0 spiro atoms. The Hall–Kier alpha value is -0.940. The highest BCUT2D eigenvalue weighted by molar-refractivity contribution is 4.86. The molecule has 5 nitrogen and oxygen atoms in total. The van der Waals surface area contributed by atoms with E-state index in [1.54, 1.807) is 0 Å². The summed E-state index contributed by atoms with van der Waals surface area (Å²) >= 11 is 0. The highest BCUT2D eigenvalue weighted by Crippen LogP contribution is 2.18. The van der Waals surface area contributed by atoms with Crippen LogP contribution in [0.15, 0.2) is 4.52 Å². The molecule has 1 N–H and O–H groups in total. The topological polar surface area (TPSA) is 60.2 Å². The van der Waals surface area contributed by atoms with Crippen LogP contribution >= 0.6 is 0 Å². The standard InChI is InChI=1S/C12H21N3O2/c1-8-6-11(7-9(2)16-8)13-5-4-12-14-10(3)17-15-12/h8-9,11,13H,4-7H2,1-3H3. The minimum Gasteiger partial charge on any atom is -0.375 e. The molecule has 1 aliphatic heterocycles. The van der Waals surface area contributed by atoms with Gasteiger partial charge in [0.2, 0.25) is 5.89 Å². The number of aryl methyl sites for hydroxylation is 1. The highest BCUT2D eigenvalue weighted by Gasteiger charge is 2.23. The Labute approximate surface area is 102 Å². The lowest BCUT2D eigenvalue weighted by molar-refractivity contribution is -0.0419. The quantitative estimate of drug-likeness (QED) is 0.862. The molecule has 0 aliphatic carbocycles. The summed E-state index contributed by atoms with van der Waals surface area (Å²) in [7, 11) is 0.